The predicted molar refractivity (Wildman–Crippen MR) is 145 cm³/mol. The minimum Gasteiger partial charge on any atom is -0.622 e. The van der Waals surface area contributed by atoms with Crippen LogP contribution < -0.4 is 4.65 Å². The Morgan fingerprint density at radius 1 is 1.06 bits per heavy atom. The lowest BCUT2D eigenvalue weighted by atomic mass is 10.1. The van der Waals surface area contributed by atoms with Gasteiger partial charge in [0.15, 0.2) is 0 Å². The van der Waals surface area contributed by atoms with Crippen molar-refractivity contribution in [3.05, 3.63) is 33.9 Å². The second-order valence-electron chi connectivity index (χ2n) is 10.00. The molecule has 0 aliphatic carbocycles. The van der Waals surface area contributed by atoms with Gasteiger partial charge in [0.05, 0.1) is 12.8 Å². The van der Waals surface area contributed by atoms with E-state index in [0.717, 1.165) is 74.9 Å². The van der Waals surface area contributed by atoms with E-state index in [-0.39, 0.29) is 12.4 Å². The molecule has 0 amide bonds. The van der Waals surface area contributed by atoms with E-state index in [2.05, 4.69) is 35.9 Å². The van der Waals surface area contributed by atoms with E-state index in [0.29, 0.717) is 11.7 Å². The third-order valence-corrected chi connectivity index (χ3v) is 7.90. The van der Waals surface area contributed by atoms with Crippen LogP contribution in [0.4, 0.5) is 5.13 Å². The van der Waals surface area contributed by atoms with Crippen LogP contribution in [0.5, 0.6) is 0 Å². The number of quaternary nitrogens is 1. The van der Waals surface area contributed by atoms with Crippen LogP contribution in [0.2, 0.25) is 0 Å². The van der Waals surface area contributed by atoms with Gasteiger partial charge in [0.25, 0.3) is 6.23 Å². The molecule has 0 aromatic carbocycles. The standard InChI is InChI=1S/C27H44N4O4S/c1-4-7-10-12-15-22-18-23(34-20-22)26(32)35-25-19-30(17-14-9-6-3)21-31(25,33)27-29-28-24(36-27)16-13-11-8-5-2/h18,20,25H,4-17,19,21H2,1-3H3. The van der Waals surface area contributed by atoms with Crippen LogP contribution in [-0.4, -0.2) is 47.1 Å². The van der Waals surface area contributed by atoms with Crippen molar-refractivity contribution in [2.24, 2.45) is 0 Å². The molecular weight excluding hydrogens is 476 g/mol. The molecular formula is C27H44N4O4S. The Hall–Kier alpha value is -1.81. The van der Waals surface area contributed by atoms with Gasteiger partial charge in [0.1, 0.15) is 11.7 Å². The summed E-state index contributed by atoms with van der Waals surface area (Å²) >= 11 is 1.36. The van der Waals surface area contributed by atoms with E-state index in [1.165, 1.54) is 37.0 Å². The molecule has 2 unspecified atom stereocenters. The quantitative estimate of drug-likeness (QED) is 0.0977. The highest BCUT2D eigenvalue weighted by Gasteiger charge is 2.46. The number of esters is 1. The molecule has 0 radical (unpaired) electrons. The van der Waals surface area contributed by atoms with Crippen molar-refractivity contribution in [3.63, 3.8) is 0 Å². The Morgan fingerprint density at radius 3 is 2.47 bits per heavy atom. The normalized spacial score (nSPS) is 20.3. The number of hydrogen-bond acceptors (Lipinski definition) is 8. The van der Waals surface area contributed by atoms with Crippen LogP contribution >= 0.6 is 11.3 Å². The molecule has 1 saturated heterocycles. The molecule has 3 heterocycles. The number of unbranched alkanes of at least 4 members (excludes halogenated alkanes) is 8. The molecule has 0 spiro atoms. The van der Waals surface area contributed by atoms with Gasteiger partial charge in [0.2, 0.25) is 5.76 Å². The molecule has 2 atom stereocenters. The van der Waals surface area contributed by atoms with Crippen molar-refractivity contribution in [1.82, 2.24) is 19.7 Å². The summed E-state index contributed by atoms with van der Waals surface area (Å²) in [4.78, 5) is 15.1. The lowest BCUT2D eigenvalue weighted by Gasteiger charge is -2.38. The number of aromatic nitrogens is 2. The van der Waals surface area contributed by atoms with Gasteiger partial charge in [-0.05, 0) is 48.6 Å². The number of aryl methyl sites for hydroxylation is 2. The van der Waals surface area contributed by atoms with Crippen molar-refractivity contribution in [2.75, 3.05) is 19.8 Å². The molecule has 202 valence electrons. The number of carbonyl (C=O) groups is 1. The Kier molecular flexibility index (Phi) is 11.8. The predicted octanol–water partition coefficient (Wildman–Crippen LogP) is 6.83. The van der Waals surface area contributed by atoms with Crippen molar-refractivity contribution in [2.45, 2.75) is 110 Å². The van der Waals surface area contributed by atoms with E-state index < -0.39 is 16.8 Å². The van der Waals surface area contributed by atoms with E-state index in [4.69, 9.17) is 9.15 Å². The first kappa shape index (κ1) is 28.8. The molecule has 1 aliphatic heterocycles. The lowest BCUT2D eigenvalue weighted by Crippen LogP contribution is -2.50. The summed E-state index contributed by atoms with van der Waals surface area (Å²) < 4.78 is 10.5. The Labute approximate surface area is 220 Å². The number of furan rings is 1. The molecule has 3 rings (SSSR count). The Bertz CT molecular complexity index is 917. The summed E-state index contributed by atoms with van der Waals surface area (Å²) in [6.45, 7) is 7.93. The van der Waals surface area contributed by atoms with E-state index in [1.807, 2.05) is 0 Å². The summed E-state index contributed by atoms with van der Waals surface area (Å²) in [7, 11) is 0. The highest BCUT2D eigenvalue weighted by atomic mass is 32.1. The zero-order chi connectivity index (χ0) is 25.8. The summed E-state index contributed by atoms with van der Waals surface area (Å²) in [6.07, 6.45) is 14.9. The van der Waals surface area contributed by atoms with Crippen molar-refractivity contribution in [1.29, 1.82) is 0 Å². The zero-order valence-electron chi connectivity index (χ0n) is 22.4. The van der Waals surface area contributed by atoms with E-state index >= 15 is 0 Å². The first-order valence-electron chi connectivity index (χ1n) is 13.9. The molecule has 36 heavy (non-hydrogen) atoms. The summed E-state index contributed by atoms with van der Waals surface area (Å²) in [5, 5.41) is 23.9. The fraction of sp³-hybridized carbons (Fsp3) is 0.741. The topological polar surface area (TPSA) is 91.5 Å². The number of rotatable bonds is 17. The molecule has 0 saturated carbocycles. The molecule has 2 aromatic rings. The van der Waals surface area contributed by atoms with Crippen LogP contribution in [-0.2, 0) is 17.6 Å². The maximum absolute atomic E-state index is 14.1. The summed E-state index contributed by atoms with van der Waals surface area (Å²) in [5.74, 6) is -0.428. The molecule has 1 aliphatic rings. The zero-order valence-corrected chi connectivity index (χ0v) is 23.2. The summed E-state index contributed by atoms with van der Waals surface area (Å²) in [5.41, 5.74) is 0.991. The lowest BCUT2D eigenvalue weighted by molar-refractivity contribution is 0.00238. The van der Waals surface area contributed by atoms with Gasteiger partial charge in [-0.3, -0.25) is 4.65 Å². The Balaban J connectivity index is 1.67. The van der Waals surface area contributed by atoms with Gasteiger partial charge >= 0.3 is 11.1 Å². The van der Waals surface area contributed by atoms with Crippen LogP contribution in [0.3, 0.4) is 0 Å². The highest BCUT2D eigenvalue weighted by molar-refractivity contribution is 7.15. The average Bonchev–Trinajstić information content (AvgIpc) is 3.60. The van der Waals surface area contributed by atoms with Gasteiger partial charge < -0.3 is 14.4 Å². The van der Waals surface area contributed by atoms with Gasteiger partial charge in [-0.25, -0.2) is 9.69 Å². The van der Waals surface area contributed by atoms with Crippen molar-refractivity contribution < 1.29 is 13.9 Å². The molecule has 1 fully saturated rings. The molecule has 9 heteroatoms. The van der Waals surface area contributed by atoms with Crippen LogP contribution in [0.1, 0.15) is 113 Å². The van der Waals surface area contributed by atoms with Crippen LogP contribution in [0.15, 0.2) is 16.7 Å². The van der Waals surface area contributed by atoms with Crippen LogP contribution in [0.25, 0.3) is 0 Å². The van der Waals surface area contributed by atoms with E-state index in [1.54, 1.807) is 12.3 Å². The number of nitrogens with zero attached hydrogens (tertiary/aromatic N) is 4. The maximum Gasteiger partial charge on any atom is 0.378 e. The van der Waals surface area contributed by atoms with Crippen LogP contribution in [0, 0.1) is 5.21 Å². The van der Waals surface area contributed by atoms with Gasteiger partial charge in [0, 0.05) is 13.0 Å². The smallest absolute Gasteiger partial charge is 0.378 e. The number of hydroxylamine groups is 2. The molecule has 0 bridgehead atoms. The molecule has 2 aromatic heterocycles. The van der Waals surface area contributed by atoms with Gasteiger partial charge in [-0.2, -0.15) is 0 Å². The first-order valence-corrected chi connectivity index (χ1v) is 14.7. The number of hydrogen-bond donors (Lipinski definition) is 0. The van der Waals surface area contributed by atoms with Gasteiger partial charge in [-0.15, -0.1) is 5.10 Å². The van der Waals surface area contributed by atoms with E-state index in [9.17, 15) is 10.0 Å². The maximum atomic E-state index is 14.1. The average molecular weight is 521 g/mol. The number of ether oxygens (including phenoxy) is 1. The second-order valence-corrected chi connectivity index (χ2v) is 11.0. The summed E-state index contributed by atoms with van der Waals surface area (Å²) in [6, 6.07) is 1.75. The monoisotopic (exact) mass is 520 g/mol. The minimum atomic E-state index is -0.891. The molecule has 8 nitrogen and oxygen atoms in total. The third-order valence-electron chi connectivity index (χ3n) is 6.81. The van der Waals surface area contributed by atoms with Crippen molar-refractivity contribution >= 4 is 22.4 Å². The highest BCUT2D eigenvalue weighted by Crippen LogP contribution is 2.35. The second kappa shape index (κ2) is 14.8. The minimum absolute atomic E-state index is 0.158. The van der Waals surface area contributed by atoms with Gasteiger partial charge in [-0.1, -0.05) is 77.2 Å². The first-order chi connectivity index (χ1) is 17.5. The largest absolute Gasteiger partial charge is 0.622 e. The molecule has 0 N–H and O–H groups in total. The third kappa shape index (κ3) is 8.10. The Morgan fingerprint density at radius 2 is 1.75 bits per heavy atom. The van der Waals surface area contributed by atoms with Crippen molar-refractivity contribution in [3.8, 4) is 0 Å². The fourth-order valence-corrected chi connectivity index (χ4v) is 5.56. The fourth-order valence-electron chi connectivity index (χ4n) is 4.61. The number of carbonyl (C=O) groups excluding carboxylic acids is 1. The SMILES string of the molecule is CCCCCCc1coc(C(=O)OC2CN(CCCCC)C[N+]2([O-])c2nnc(CCCCCC)s2)c1.